The van der Waals surface area contributed by atoms with Gasteiger partial charge in [-0.05, 0) is 75.0 Å². The fraction of sp³-hybridized carbons (Fsp3) is 0.912. The number of ether oxygens (including phenoxy) is 2. The maximum Gasteiger partial charge on any atom is 0.317 e. The number of carbonyl (C=O) groups is 3. The summed E-state index contributed by atoms with van der Waals surface area (Å²) in [6.45, 7) is 12.7. The monoisotopic (exact) mass is 668 g/mol. The van der Waals surface area contributed by atoms with Crippen molar-refractivity contribution in [1.82, 2.24) is 0 Å². The smallest absolute Gasteiger partial charge is 0.317 e. The first-order valence-electron chi connectivity index (χ1n) is 17.3. The molecule has 0 amide bonds. The summed E-state index contributed by atoms with van der Waals surface area (Å²) in [5.74, 6) is -3.69. The first-order valence-corrected chi connectivity index (χ1v) is 21.0. The van der Waals surface area contributed by atoms with E-state index in [-0.39, 0.29) is 37.2 Å². The normalized spacial score (nSPS) is 40.7. The molecule has 4 aliphatic carbocycles. The molecule has 2 saturated heterocycles. The second-order valence-corrected chi connectivity index (χ2v) is 23.2. The van der Waals surface area contributed by atoms with E-state index in [2.05, 4.69) is 19.6 Å². The van der Waals surface area contributed by atoms with Gasteiger partial charge in [0.25, 0.3) is 0 Å². The molecule has 0 aromatic rings. The van der Waals surface area contributed by atoms with E-state index in [4.69, 9.17) is 19.2 Å². The minimum Gasteiger partial charge on any atom is -0.466 e. The van der Waals surface area contributed by atoms with E-state index in [1.165, 1.54) is 0 Å². The molecule has 12 heteroatoms. The molecule has 6 rings (SSSR count). The van der Waals surface area contributed by atoms with Crippen molar-refractivity contribution < 1.29 is 54.4 Å². The van der Waals surface area contributed by atoms with E-state index in [9.17, 15) is 35.1 Å². The Hall–Kier alpha value is -1.41. The summed E-state index contributed by atoms with van der Waals surface area (Å²) in [4.78, 5) is 49.7. The number of rotatable bonds is 14. The molecule has 2 aliphatic heterocycles. The highest BCUT2D eigenvalue weighted by Crippen LogP contribution is 2.65. The van der Waals surface area contributed by atoms with E-state index in [0.29, 0.717) is 57.8 Å². The quantitative estimate of drug-likeness (QED) is 0.0631. The first-order chi connectivity index (χ1) is 21.4. The molecular formula is C34H56O11Si. The van der Waals surface area contributed by atoms with Gasteiger partial charge in [0.2, 0.25) is 0 Å². The summed E-state index contributed by atoms with van der Waals surface area (Å²) in [6.07, 6.45) is 3.10. The Balaban J connectivity index is 1.47. The summed E-state index contributed by atoms with van der Waals surface area (Å²) < 4.78 is 10.5. The minimum atomic E-state index is -1.62. The molecule has 4 N–H and O–H groups in total. The standard InChI is InChI=1S/C34H56O11Si/c1-7-22(16-46(4,5)6)26-24(29(36)43-30(26)37)11-23(28(45-41)31(3)8-9-42-25(35)15-31)10-20(2)27(44-40)32-12-21-13-33(38,17-32)19-34(39,14-21)18-32/h20-24,26-28,38-41H,7-19H2,1-6H3. The zero-order valence-corrected chi connectivity index (χ0v) is 29.5. The Morgan fingerprint density at radius 3 is 2.11 bits per heavy atom. The average Bonchev–Trinajstić information content (AvgIpc) is 3.17. The first kappa shape index (κ1) is 35.9. The van der Waals surface area contributed by atoms with Crippen LogP contribution in [0.2, 0.25) is 25.7 Å². The Kier molecular flexibility index (Phi) is 9.98. The Morgan fingerprint density at radius 2 is 1.59 bits per heavy atom. The summed E-state index contributed by atoms with van der Waals surface area (Å²) in [6, 6.07) is 0.855. The molecule has 6 aliphatic rings. The number of carbonyl (C=O) groups excluding carboxylic acids is 3. The summed E-state index contributed by atoms with van der Waals surface area (Å²) in [5, 5.41) is 43.9. The lowest BCUT2D eigenvalue weighted by Crippen LogP contribution is -2.66. The van der Waals surface area contributed by atoms with Crippen molar-refractivity contribution in [2.75, 3.05) is 6.61 Å². The largest absolute Gasteiger partial charge is 0.466 e. The van der Waals surface area contributed by atoms with Crippen molar-refractivity contribution in [3.8, 4) is 0 Å². The molecule has 0 aromatic heterocycles. The van der Waals surface area contributed by atoms with Gasteiger partial charge in [-0.3, -0.25) is 24.9 Å². The lowest BCUT2D eigenvalue weighted by atomic mass is 9.44. The van der Waals surface area contributed by atoms with Crippen LogP contribution in [0.4, 0.5) is 0 Å². The van der Waals surface area contributed by atoms with Gasteiger partial charge in [-0.25, -0.2) is 9.78 Å². The third-order valence-electron chi connectivity index (χ3n) is 12.3. The molecule has 46 heavy (non-hydrogen) atoms. The zero-order chi connectivity index (χ0) is 33.9. The van der Waals surface area contributed by atoms with Crippen LogP contribution in [-0.4, -0.2) is 76.7 Å². The fourth-order valence-electron chi connectivity index (χ4n) is 11.3. The lowest BCUT2D eigenvalue weighted by molar-refractivity contribution is -0.352. The maximum atomic E-state index is 13.4. The van der Waals surface area contributed by atoms with Crippen LogP contribution in [0, 0.1) is 46.3 Å². The van der Waals surface area contributed by atoms with Gasteiger partial charge in [0.05, 0.1) is 36.1 Å². The SMILES string of the molecule is CCC(C[Si](C)(C)C)C1C(=O)OC(=O)C1CC(CC(C)C(OO)C12CC3CC(O)(CC(O)(C3)C1)C2)C(OO)C1(C)CCOC(=O)C1. The minimum absolute atomic E-state index is 0.0133. The second-order valence-electron chi connectivity index (χ2n) is 17.7. The molecule has 0 spiro atoms. The highest BCUT2D eigenvalue weighted by Gasteiger charge is 2.66. The summed E-state index contributed by atoms with van der Waals surface area (Å²) in [7, 11) is -1.62. The van der Waals surface area contributed by atoms with Crippen LogP contribution < -0.4 is 0 Å². The van der Waals surface area contributed by atoms with Crippen LogP contribution in [0.25, 0.3) is 0 Å². The van der Waals surface area contributed by atoms with Crippen LogP contribution in [-0.2, 0) is 33.6 Å². The van der Waals surface area contributed by atoms with Gasteiger partial charge >= 0.3 is 17.9 Å². The summed E-state index contributed by atoms with van der Waals surface area (Å²) >= 11 is 0. The second kappa shape index (κ2) is 12.8. The molecule has 11 nitrogen and oxygen atoms in total. The molecule has 262 valence electrons. The topological polar surface area (TPSA) is 169 Å². The van der Waals surface area contributed by atoms with E-state index >= 15 is 0 Å². The molecule has 4 bridgehead atoms. The van der Waals surface area contributed by atoms with Crippen molar-refractivity contribution in [1.29, 1.82) is 0 Å². The molecule has 0 radical (unpaired) electrons. The van der Waals surface area contributed by atoms with E-state index in [1.54, 1.807) is 0 Å². The molecule has 2 heterocycles. The number of esters is 3. The zero-order valence-electron chi connectivity index (χ0n) is 28.5. The van der Waals surface area contributed by atoms with Crippen LogP contribution >= 0.6 is 0 Å². The molecule has 6 fully saturated rings. The average molecular weight is 669 g/mol. The van der Waals surface area contributed by atoms with Gasteiger partial charge in [-0.2, -0.15) is 0 Å². The predicted molar refractivity (Wildman–Crippen MR) is 169 cm³/mol. The molecule has 10 unspecified atom stereocenters. The number of aliphatic hydroxyl groups is 2. The van der Waals surface area contributed by atoms with Gasteiger partial charge in [0, 0.05) is 25.3 Å². The van der Waals surface area contributed by atoms with E-state index < -0.39 is 78.0 Å². The van der Waals surface area contributed by atoms with Crippen molar-refractivity contribution in [3.05, 3.63) is 0 Å². The molecule has 4 saturated carbocycles. The van der Waals surface area contributed by atoms with Gasteiger partial charge in [0.1, 0.15) is 12.2 Å². The third kappa shape index (κ3) is 7.00. The van der Waals surface area contributed by atoms with Crippen molar-refractivity contribution in [2.24, 2.45) is 46.3 Å². The number of hydrogen-bond donors (Lipinski definition) is 4. The van der Waals surface area contributed by atoms with Gasteiger partial charge < -0.3 is 19.7 Å². The number of cyclic esters (lactones) is 3. The van der Waals surface area contributed by atoms with Crippen molar-refractivity contribution in [2.45, 2.75) is 140 Å². The Morgan fingerprint density at radius 1 is 0.957 bits per heavy atom. The molecular weight excluding hydrogens is 612 g/mol. The fourth-order valence-corrected chi connectivity index (χ4v) is 13.5. The highest BCUT2D eigenvalue weighted by atomic mass is 28.3. The Labute approximate surface area is 273 Å². The van der Waals surface area contributed by atoms with Crippen molar-refractivity contribution >= 4 is 26.0 Å². The van der Waals surface area contributed by atoms with Crippen LogP contribution in [0.3, 0.4) is 0 Å². The van der Waals surface area contributed by atoms with Gasteiger partial charge in [0.15, 0.2) is 0 Å². The van der Waals surface area contributed by atoms with E-state index in [0.717, 1.165) is 6.04 Å². The van der Waals surface area contributed by atoms with Crippen LogP contribution in [0.1, 0.15) is 91.4 Å². The van der Waals surface area contributed by atoms with Crippen LogP contribution in [0.5, 0.6) is 0 Å². The van der Waals surface area contributed by atoms with Gasteiger partial charge in [-0.15, -0.1) is 0 Å². The van der Waals surface area contributed by atoms with Crippen molar-refractivity contribution in [3.63, 3.8) is 0 Å². The Bertz CT molecular complexity index is 1150. The van der Waals surface area contributed by atoms with E-state index in [1.807, 2.05) is 20.8 Å². The summed E-state index contributed by atoms with van der Waals surface area (Å²) in [5.41, 5.74) is -3.53. The highest BCUT2D eigenvalue weighted by molar-refractivity contribution is 6.76. The molecule has 10 atom stereocenters. The lowest BCUT2D eigenvalue weighted by Gasteiger charge is -2.65. The maximum absolute atomic E-state index is 13.4. The third-order valence-corrected chi connectivity index (χ3v) is 14.1. The van der Waals surface area contributed by atoms with Crippen LogP contribution in [0.15, 0.2) is 0 Å². The molecule has 0 aromatic carbocycles. The van der Waals surface area contributed by atoms with Gasteiger partial charge in [-0.1, -0.05) is 52.9 Å². The predicted octanol–water partition coefficient (Wildman–Crippen LogP) is 5.21. The number of hydrogen-bond acceptors (Lipinski definition) is 11.